The van der Waals surface area contributed by atoms with Crippen LogP contribution in [0.1, 0.15) is 28.9 Å². The third-order valence-electron chi connectivity index (χ3n) is 4.09. The Morgan fingerprint density at radius 1 is 1.35 bits per heavy atom. The Bertz CT molecular complexity index is 622. The minimum absolute atomic E-state index is 0.0367. The van der Waals surface area contributed by atoms with Gasteiger partial charge in [0.05, 0.1) is 12.0 Å². The number of rotatable bonds is 1. The Hall–Kier alpha value is -2.11. The van der Waals surface area contributed by atoms with Crippen LogP contribution in [0.3, 0.4) is 0 Å². The van der Waals surface area contributed by atoms with Crippen LogP contribution in [-0.2, 0) is 4.79 Å². The summed E-state index contributed by atoms with van der Waals surface area (Å²) in [6, 6.07) is 2.92. The maximum Gasteiger partial charge on any atom is 0.254 e. The van der Waals surface area contributed by atoms with Gasteiger partial charge in [-0.2, -0.15) is 0 Å². The lowest BCUT2D eigenvalue weighted by atomic mass is 9.91. The lowest BCUT2D eigenvalue weighted by molar-refractivity contribution is -0.123. The average Bonchev–Trinajstić information content (AvgIpc) is 2.79. The molecular weight excluding hydrogens is 258 g/mol. The highest BCUT2D eigenvalue weighted by Crippen LogP contribution is 2.28. The third kappa shape index (κ3) is 2.11. The van der Waals surface area contributed by atoms with Crippen molar-refractivity contribution in [2.24, 2.45) is 5.92 Å². The quantitative estimate of drug-likeness (QED) is 0.759. The van der Waals surface area contributed by atoms with Gasteiger partial charge in [0.2, 0.25) is 11.5 Å². The lowest BCUT2D eigenvalue weighted by Crippen LogP contribution is -2.48. The Labute approximate surface area is 116 Å². The number of fused-ring (bicyclic) bond motifs is 1. The van der Waals surface area contributed by atoms with Crippen molar-refractivity contribution in [3.05, 3.63) is 33.7 Å². The van der Waals surface area contributed by atoms with Crippen molar-refractivity contribution in [3.8, 4) is 0 Å². The standard InChI is InChI=1S/C14H17N3O3/c1-8-5-9(6-12(18)16-8)14(20)17-4-2-3-10-11(17)7-15-13(10)19/h5-6,10-11H,2-4,7H2,1H3,(H,15,19)(H,16,18)/t10-,11-/m1/s1. The maximum atomic E-state index is 12.6. The van der Waals surface area contributed by atoms with Gasteiger partial charge in [0.25, 0.3) is 5.91 Å². The number of likely N-dealkylation sites (tertiary alicyclic amines) is 1. The molecule has 0 radical (unpaired) electrons. The van der Waals surface area contributed by atoms with Crippen LogP contribution in [0.15, 0.2) is 16.9 Å². The summed E-state index contributed by atoms with van der Waals surface area (Å²) < 4.78 is 0. The topological polar surface area (TPSA) is 82.3 Å². The van der Waals surface area contributed by atoms with E-state index in [1.54, 1.807) is 17.9 Å². The Morgan fingerprint density at radius 3 is 2.90 bits per heavy atom. The molecule has 6 heteroatoms. The van der Waals surface area contributed by atoms with Gasteiger partial charge in [-0.25, -0.2) is 0 Å². The molecule has 0 aromatic carbocycles. The van der Waals surface area contributed by atoms with Gasteiger partial charge in [0.1, 0.15) is 0 Å². The summed E-state index contributed by atoms with van der Waals surface area (Å²) in [5.41, 5.74) is 0.781. The smallest absolute Gasteiger partial charge is 0.254 e. The van der Waals surface area contributed by atoms with Crippen molar-refractivity contribution in [3.63, 3.8) is 0 Å². The van der Waals surface area contributed by atoms with E-state index in [4.69, 9.17) is 0 Å². The Balaban J connectivity index is 1.90. The van der Waals surface area contributed by atoms with Gasteiger partial charge in [-0.15, -0.1) is 0 Å². The van der Waals surface area contributed by atoms with E-state index < -0.39 is 0 Å². The summed E-state index contributed by atoms with van der Waals surface area (Å²) in [5.74, 6) is -0.226. The molecule has 1 aromatic rings. The molecule has 2 aliphatic rings. The van der Waals surface area contributed by atoms with Crippen molar-refractivity contribution in [2.45, 2.75) is 25.8 Å². The van der Waals surface area contributed by atoms with Gasteiger partial charge in [0, 0.05) is 30.4 Å². The number of pyridine rings is 1. The van der Waals surface area contributed by atoms with E-state index in [2.05, 4.69) is 10.3 Å². The fourth-order valence-corrected chi connectivity index (χ4v) is 3.18. The molecule has 0 spiro atoms. The van der Waals surface area contributed by atoms with Gasteiger partial charge in [-0.05, 0) is 25.8 Å². The molecule has 3 rings (SSSR count). The molecule has 2 atom stereocenters. The fraction of sp³-hybridized carbons (Fsp3) is 0.500. The van der Waals surface area contributed by atoms with Crippen molar-refractivity contribution < 1.29 is 9.59 Å². The molecule has 2 fully saturated rings. The first kappa shape index (κ1) is 12.9. The van der Waals surface area contributed by atoms with E-state index in [-0.39, 0.29) is 29.3 Å². The second kappa shape index (κ2) is 4.77. The third-order valence-corrected chi connectivity index (χ3v) is 4.09. The largest absolute Gasteiger partial charge is 0.354 e. The maximum absolute atomic E-state index is 12.6. The number of aryl methyl sites for hydroxylation is 1. The van der Waals surface area contributed by atoms with Gasteiger partial charge in [-0.1, -0.05) is 0 Å². The average molecular weight is 275 g/mol. The second-order valence-corrected chi connectivity index (χ2v) is 5.48. The Morgan fingerprint density at radius 2 is 2.15 bits per heavy atom. The zero-order valence-corrected chi connectivity index (χ0v) is 11.3. The summed E-state index contributed by atoms with van der Waals surface area (Å²) in [6.07, 6.45) is 1.65. The first-order chi connectivity index (χ1) is 9.56. The molecule has 3 heterocycles. The number of amides is 2. The van der Waals surface area contributed by atoms with Crippen molar-refractivity contribution >= 4 is 11.8 Å². The predicted octanol–water partition coefficient (Wildman–Crippen LogP) is 0.0339. The molecule has 0 aliphatic carbocycles. The SMILES string of the molecule is Cc1cc(C(=O)N2CCC[C@H]3C(=O)NC[C@H]32)cc(=O)[nH]1. The highest BCUT2D eigenvalue weighted by atomic mass is 16.2. The van der Waals surface area contributed by atoms with Crippen LogP contribution in [0, 0.1) is 12.8 Å². The van der Waals surface area contributed by atoms with Crippen molar-refractivity contribution in [1.29, 1.82) is 0 Å². The minimum Gasteiger partial charge on any atom is -0.354 e. The van der Waals surface area contributed by atoms with E-state index in [9.17, 15) is 14.4 Å². The van der Waals surface area contributed by atoms with E-state index >= 15 is 0 Å². The fourth-order valence-electron chi connectivity index (χ4n) is 3.18. The zero-order chi connectivity index (χ0) is 14.3. The number of H-pyrrole nitrogens is 1. The molecular formula is C14H17N3O3. The zero-order valence-electron chi connectivity index (χ0n) is 11.3. The minimum atomic E-state index is -0.275. The van der Waals surface area contributed by atoms with Crippen LogP contribution in [0.5, 0.6) is 0 Å². The molecule has 20 heavy (non-hydrogen) atoms. The van der Waals surface area contributed by atoms with Crippen LogP contribution < -0.4 is 10.9 Å². The molecule has 106 valence electrons. The van der Waals surface area contributed by atoms with E-state index in [0.29, 0.717) is 24.3 Å². The molecule has 6 nitrogen and oxygen atoms in total. The monoisotopic (exact) mass is 275 g/mol. The lowest BCUT2D eigenvalue weighted by Gasteiger charge is -2.36. The summed E-state index contributed by atoms with van der Waals surface area (Å²) in [4.78, 5) is 40.2. The summed E-state index contributed by atoms with van der Waals surface area (Å²) in [6.45, 7) is 2.90. The van der Waals surface area contributed by atoms with Crippen LogP contribution in [-0.4, -0.2) is 40.8 Å². The number of aromatic nitrogens is 1. The van der Waals surface area contributed by atoms with E-state index in [1.165, 1.54) is 6.07 Å². The number of nitrogens with zero attached hydrogens (tertiary/aromatic N) is 1. The number of carbonyl (C=O) groups is 2. The molecule has 2 amide bonds. The van der Waals surface area contributed by atoms with Crippen LogP contribution >= 0.6 is 0 Å². The molecule has 2 aliphatic heterocycles. The van der Waals surface area contributed by atoms with Crippen LogP contribution in [0.4, 0.5) is 0 Å². The number of hydrogen-bond donors (Lipinski definition) is 2. The first-order valence-electron chi connectivity index (χ1n) is 6.86. The Kier molecular flexibility index (Phi) is 3.08. The molecule has 0 unspecified atom stereocenters. The summed E-state index contributed by atoms with van der Waals surface area (Å²) in [7, 11) is 0. The second-order valence-electron chi connectivity index (χ2n) is 5.48. The van der Waals surface area contributed by atoms with E-state index in [1.807, 2.05) is 0 Å². The van der Waals surface area contributed by atoms with Gasteiger partial charge in [0.15, 0.2) is 0 Å². The number of piperidine rings is 1. The van der Waals surface area contributed by atoms with E-state index in [0.717, 1.165) is 12.8 Å². The first-order valence-corrected chi connectivity index (χ1v) is 6.86. The molecule has 0 bridgehead atoms. The molecule has 2 N–H and O–H groups in total. The van der Waals surface area contributed by atoms with Gasteiger partial charge in [-0.3, -0.25) is 14.4 Å². The highest BCUT2D eigenvalue weighted by Gasteiger charge is 2.42. The number of hydrogen-bond acceptors (Lipinski definition) is 3. The predicted molar refractivity (Wildman–Crippen MR) is 72.4 cm³/mol. The van der Waals surface area contributed by atoms with Crippen molar-refractivity contribution in [1.82, 2.24) is 15.2 Å². The summed E-state index contributed by atoms with van der Waals surface area (Å²) >= 11 is 0. The number of aromatic amines is 1. The summed E-state index contributed by atoms with van der Waals surface area (Å²) in [5, 5.41) is 2.82. The highest BCUT2D eigenvalue weighted by molar-refractivity contribution is 5.95. The molecule has 1 aromatic heterocycles. The van der Waals surface area contributed by atoms with Gasteiger partial charge < -0.3 is 15.2 Å². The van der Waals surface area contributed by atoms with Gasteiger partial charge >= 0.3 is 0 Å². The molecule has 2 saturated heterocycles. The molecule has 0 saturated carbocycles. The van der Waals surface area contributed by atoms with Crippen molar-refractivity contribution in [2.75, 3.05) is 13.1 Å². The normalized spacial score (nSPS) is 25.2. The van der Waals surface area contributed by atoms with Crippen LogP contribution in [0.25, 0.3) is 0 Å². The number of carbonyl (C=O) groups excluding carboxylic acids is 2. The number of nitrogens with one attached hydrogen (secondary N) is 2. The van der Waals surface area contributed by atoms with Crippen LogP contribution in [0.2, 0.25) is 0 Å².